The third-order valence-electron chi connectivity index (χ3n) is 3.96. The van der Waals surface area contributed by atoms with Gasteiger partial charge in [-0.25, -0.2) is 9.59 Å². The number of carboxylic acid groups (broad SMARTS) is 1. The highest BCUT2D eigenvalue weighted by Gasteiger charge is 2.34. The topological polar surface area (TPSA) is 69.6 Å². The quantitative estimate of drug-likeness (QED) is 0.831. The molecule has 2 atom stereocenters. The van der Waals surface area contributed by atoms with E-state index in [1.165, 1.54) is 11.3 Å². The normalized spacial score (nSPS) is 31.2. The standard InChI is InChI=1S/C13H22N2O3S/c1-13(6-4-8-19-13)9-14-12(18)15-7-3-2-5-10(15)11(16)17/h10H,2-9H2,1H3,(H,14,18)(H,16,17). The van der Waals surface area contributed by atoms with Gasteiger partial charge in [-0.3, -0.25) is 0 Å². The van der Waals surface area contributed by atoms with Crippen LogP contribution in [0.2, 0.25) is 0 Å². The summed E-state index contributed by atoms with van der Waals surface area (Å²) in [5.74, 6) is 0.254. The van der Waals surface area contributed by atoms with Crippen molar-refractivity contribution in [3.63, 3.8) is 0 Å². The molecule has 19 heavy (non-hydrogen) atoms. The van der Waals surface area contributed by atoms with Crippen molar-refractivity contribution in [1.29, 1.82) is 0 Å². The number of carbonyl (C=O) groups excluding carboxylic acids is 1. The molecule has 2 fully saturated rings. The number of thioether (sulfide) groups is 1. The Morgan fingerprint density at radius 3 is 2.84 bits per heavy atom. The van der Waals surface area contributed by atoms with Crippen molar-refractivity contribution in [2.75, 3.05) is 18.8 Å². The first-order valence-electron chi connectivity index (χ1n) is 6.93. The highest BCUT2D eigenvalue weighted by atomic mass is 32.2. The zero-order valence-electron chi connectivity index (χ0n) is 11.4. The number of rotatable bonds is 3. The number of piperidine rings is 1. The van der Waals surface area contributed by atoms with Gasteiger partial charge in [-0.2, -0.15) is 11.8 Å². The lowest BCUT2D eigenvalue weighted by Gasteiger charge is -2.34. The van der Waals surface area contributed by atoms with E-state index in [1.807, 2.05) is 11.8 Å². The molecule has 2 rings (SSSR count). The second-order valence-corrected chi connectivity index (χ2v) is 7.29. The monoisotopic (exact) mass is 286 g/mol. The van der Waals surface area contributed by atoms with Gasteiger partial charge in [0.15, 0.2) is 0 Å². The minimum atomic E-state index is -0.892. The number of aliphatic carboxylic acids is 1. The van der Waals surface area contributed by atoms with Crippen LogP contribution in [0.3, 0.4) is 0 Å². The van der Waals surface area contributed by atoms with E-state index < -0.39 is 12.0 Å². The van der Waals surface area contributed by atoms with Crippen molar-refractivity contribution in [1.82, 2.24) is 10.2 Å². The van der Waals surface area contributed by atoms with E-state index in [0.29, 0.717) is 19.5 Å². The van der Waals surface area contributed by atoms with E-state index in [-0.39, 0.29) is 10.8 Å². The number of hydrogen-bond acceptors (Lipinski definition) is 3. The molecule has 0 aromatic heterocycles. The summed E-state index contributed by atoms with van der Waals surface area (Å²) in [5.41, 5.74) is 0. The van der Waals surface area contributed by atoms with Crippen LogP contribution in [0.25, 0.3) is 0 Å². The number of nitrogens with zero attached hydrogens (tertiary/aromatic N) is 1. The van der Waals surface area contributed by atoms with Gasteiger partial charge in [0.05, 0.1) is 0 Å². The van der Waals surface area contributed by atoms with E-state index in [0.717, 1.165) is 25.0 Å². The van der Waals surface area contributed by atoms with Crippen LogP contribution < -0.4 is 5.32 Å². The molecule has 2 unspecified atom stereocenters. The van der Waals surface area contributed by atoms with Crippen molar-refractivity contribution in [3.05, 3.63) is 0 Å². The maximum absolute atomic E-state index is 12.2. The van der Waals surface area contributed by atoms with Crippen molar-refractivity contribution < 1.29 is 14.7 Å². The van der Waals surface area contributed by atoms with Gasteiger partial charge in [0.25, 0.3) is 0 Å². The SMILES string of the molecule is CC1(CNC(=O)N2CCCCC2C(=O)O)CCCS1. The summed E-state index contributed by atoms with van der Waals surface area (Å²) in [4.78, 5) is 24.8. The van der Waals surface area contributed by atoms with E-state index in [4.69, 9.17) is 5.11 Å². The summed E-state index contributed by atoms with van der Waals surface area (Å²) >= 11 is 1.89. The Kier molecular flexibility index (Phi) is 4.60. The minimum Gasteiger partial charge on any atom is -0.480 e. The molecule has 6 heteroatoms. The molecular weight excluding hydrogens is 264 g/mol. The lowest BCUT2D eigenvalue weighted by molar-refractivity contribution is -0.143. The third kappa shape index (κ3) is 3.55. The molecule has 5 nitrogen and oxygen atoms in total. The molecule has 108 valence electrons. The molecule has 0 bridgehead atoms. The molecule has 2 N–H and O–H groups in total. The van der Waals surface area contributed by atoms with Crippen LogP contribution in [0, 0.1) is 0 Å². The Balaban J connectivity index is 1.89. The highest BCUT2D eigenvalue weighted by Crippen LogP contribution is 2.37. The molecule has 2 saturated heterocycles. The largest absolute Gasteiger partial charge is 0.480 e. The Morgan fingerprint density at radius 1 is 1.42 bits per heavy atom. The second-order valence-electron chi connectivity index (χ2n) is 5.60. The van der Waals surface area contributed by atoms with Crippen molar-refractivity contribution in [2.45, 2.75) is 49.8 Å². The van der Waals surface area contributed by atoms with E-state index >= 15 is 0 Å². The van der Waals surface area contributed by atoms with Crippen LogP contribution in [-0.2, 0) is 4.79 Å². The molecule has 2 heterocycles. The number of carbonyl (C=O) groups is 2. The first-order valence-corrected chi connectivity index (χ1v) is 7.92. The molecule has 0 aromatic carbocycles. The Labute approximate surface area is 118 Å². The molecule has 0 aliphatic carbocycles. The average molecular weight is 286 g/mol. The number of urea groups is 1. The fourth-order valence-electron chi connectivity index (χ4n) is 2.77. The van der Waals surface area contributed by atoms with Crippen molar-refractivity contribution >= 4 is 23.8 Å². The van der Waals surface area contributed by atoms with Gasteiger partial charge in [-0.15, -0.1) is 0 Å². The first kappa shape index (κ1) is 14.5. The molecule has 2 amide bonds. The van der Waals surface area contributed by atoms with Gasteiger partial charge in [-0.05, 0) is 44.8 Å². The van der Waals surface area contributed by atoms with Gasteiger partial charge in [0.1, 0.15) is 6.04 Å². The minimum absolute atomic E-state index is 0.115. The molecule has 0 radical (unpaired) electrons. The fourth-order valence-corrected chi connectivity index (χ4v) is 4.02. The summed E-state index contributed by atoms with van der Waals surface area (Å²) in [7, 11) is 0. The molecule has 0 saturated carbocycles. The molecular formula is C13H22N2O3S. The lowest BCUT2D eigenvalue weighted by Crippen LogP contribution is -2.53. The van der Waals surface area contributed by atoms with Gasteiger partial charge in [0.2, 0.25) is 0 Å². The average Bonchev–Trinajstić information content (AvgIpc) is 2.83. The van der Waals surface area contributed by atoms with Crippen LogP contribution in [0.15, 0.2) is 0 Å². The summed E-state index contributed by atoms with van der Waals surface area (Å²) in [6, 6.07) is -0.876. The van der Waals surface area contributed by atoms with E-state index in [2.05, 4.69) is 12.2 Å². The second kappa shape index (κ2) is 6.03. The maximum atomic E-state index is 12.2. The van der Waals surface area contributed by atoms with Crippen molar-refractivity contribution in [2.24, 2.45) is 0 Å². The van der Waals surface area contributed by atoms with Gasteiger partial charge >= 0.3 is 12.0 Å². The first-order chi connectivity index (χ1) is 9.02. The van der Waals surface area contributed by atoms with Crippen LogP contribution in [0.1, 0.15) is 39.0 Å². The number of nitrogens with one attached hydrogen (secondary N) is 1. The number of carboxylic acids is 1. The molecule has 0 spiro atoms. The smallest absolute Gasteiger partial charge is 0.326 e. The fraction of sp³-hybridized carbons (Fsp3) is 0.846. The van der Waals surface area contributed by atoms with Crippen LogP contribution in [0.5, 0.6) is 0 Å². The van der Waals surface area contributed by atoms with Gasteiger partial charge in [0, 0.05) is 17.8 Å². The predicted molar refractivity (Wildman–Crippen MR) is 75.5 cm³/mol. The molecule has 2 aliphatic heterocycles. The Morgan fingerprint density at radius 2 is 2.21 bits per heavy atom. The third-order valence-corrected chi connectivity index (χ3v) is 5.50. The van der Waals surface area contributed by atoms with Gasteiger partial charge < -0.3 is 15.3 Å². The summed E-state index contributed by atoms with van der Waals surface area (Å²) in [6.07, 6.45) is 4.64. The Hall–Kier alpha value is -0.910. The summed E-state index contributed by atoms with van der Waals surface area (Å²) in [5, 5.41) is 12.1. The predicted octanol–water partition coefficient (Wildman–Crippen LogP) is 1.92. The van der Waals surface area contributed by atoms with E-state index in [1.54, 1.807) is 0 Å². The number of likely N-dealkylation sites (tertiary alicyclic amines) is 1. The molecule has 0 aromatic rings. The highest BCUT2D eigenvalue weighted by molar-refractivity contribution is 8.00. The zero-order valence-corrected chi connectivity index (χ0v) is 12.2. The molecule has 2 aliphatic rings. The lowest BCUT2D eigenvalue weighted by atomic mass is 10.0. The van der Waals surface area contributed by atoms with Crippen LogP contribution >= 0.6 is 11.8 Å². The van der Waals surface area contributed by atoms with E-state index in [9.17, 15) is 9.59 Å². The van der Waals surface area contributed by atoms with Crippen LogP contribution in [0.4, 0.5) is 4.79 Å². The van der Waals surface area contributed by atoms with Crippen molar-refractivity contribution in [3.8, 4) is 0 Å². The summed E-state index contributed by atoms with van der Waals surface area (Å²) < 4.78 is 0.115. The zero-order chi connectivity index (χ0) is 13.9. The maximum Gasteiger partial charge on any atom is 0.326 e. The van der Waals surface area contributed by atoms with Gasteiger partial charge in [-0.1, -0.05) is 0 Å². The summed E-state index contributed by atoms with van der Waals surface area (Å²) in [6.45, 7) is 3.34. The van der Waals surface area contributed by atoms with Crippen LogP contribution in [-0.4, -0.2) is 51.6 Å². The number of hydrogen-bond donors (Lipinski definition) is 2. The number of amides is 2. The Bertz CT molecular complexity index is 356.